The number of thioether (sulfide) groups is 1. The predicted molar refractivity (Wildman–Crippen MR) is 60.2 cm³/mol. The van der Waals surface area contributed by atoms with Crippen LogP contribution in [0.15, 0.2) is 0 Å². The molecule has 2 fully saturated rings. The summed E-state index contributed by atoms with van der Waals surface area (Å²) in [6, 6.07) is 1.66. The summed E-state index contributed by atoms with van der Waals surface area (Å²) < 4.78 is 0. The molecule has 2 heteroatoms. The molecule has 1 saturated heterocycles. The topological polar surface area (TPSA) is 12.0 Å². The van der Waals surface area contributed by atoms with Crippen LogP contribution in [0.25, 0.3) is 0 Å². The summed E-state index contributed by atoms with van der Waals surface area (Å²) in [5, 5.41) is 3.80. The van der Waals surface area contributed by atoms with Crippen LogP contribution in [0.4, 0.5) is 0 Å². The molecular weight excluding hydrogens is 178 g/mol. The molecule has 0 aromatic heterocycles. The predicted octanol–water partition coefficient (Wildman–Crippen LogP) is 2.52. The Bertz CT molecular complexity index is 167. The van der Waals surface area contributed by atoms with E-state index in [9.17, 15) is 0 Å². The number of nitrogens with one attached hydrogen (secondary N) is 1. The molecule has 0 aromatic rings. The monoisotopic (exact) mass is 199 g/mol. The molecular formula is C11H21NS. The molecule has 1 heterocycles. The largest absolute Gasteiger partial charge is 0.309 e. The Labute approximate surface area is 86.0 Å². The maximum atomic E-state index is 3.80. The summed E-state index contributed by atoms with van der Waals surface area (Å²) in [5.41, 5.74) is 0. The van der Waals surface area contributed by atoms with Crippen molar-refractivity contribution in [3.8, 4) is 0 Å². The molecule has 0 bridgehead atoms. The van der Waals surface area contributed by atoms with Gasteiger partial charge in [0.1, 0.15) is 0 Å². The van der Waals surface area contributed by atoms with Gasteiger partial charge in [-0.1, -0.05) is 13.8 Å². The first kappa shape index (κ1) is 9.85. The lowest BCUT2D eigenvalue weighted by Gasteiger charge is -2.38. The van der Waals surface area contributed by atoms with Crippen LogP contribution < -0.4 is 5.32 Å². The van der Waals surface area contributed by atoms with E-state index in [-0.39, 0.29) is 0 Å². The van der Waals surface area contributed by atoms with E-state index in [4.69, 9.17) is 0 Å². The molecule has 76 valence electrons. The average Bonchev–Trinajstić information content (AvgIpc) is 1.99. The summed E-state index contributed by atoms with van der Waals surface area (Å²) in [6.45, 7) is 4.81. The number of hydrogen-bond donors (Lipinski definition) is 1. The number of hydrogen-bond acceptors (Lipinski definition) is 2. The fourth-order valence-corrected chi connectivity index (χ4v) is 3.21. The number of rotatable bonds is 2. The molecule has 1 aliphatic carbocycles. The highest BCUT2D eigenvalue weighted by molar-refractivity contribution is 8.00. The summed E-state index contributed by atoms with van der Waals surface area (Å²) in [4.78, 5) is 0. The third-order valence-electron chi connectivity index (χ3n) is 3.52. The third kappa shape index (κ3) is 2.41. The van der Waals surface area contributed by atoms with E-state index in [2.05, 4.69) is 30.9 Å². The van der Waals surface area contributed by atoms with E-state index in [0.717, 1.165) is 23.9 Å². The van der Waals surface area contributed by atoms with Crippen LogP contribution in [0.5, 0.6) is 0 Å². The Hall–Kier alpha value is 0.310. The van der Waals surface area contributed by atoms with Gasteiger partial charge in [0, 0.05) is 23.6 Å². The van der Waals surface area contributed by atoms with Crippen molar-refractivity contribution in [3.05, 3.63) is 0 Å². The fourth-order valence-electron chi connectivity index (χ4n) is 2.55. The maximum absolute atomic E-state index is 3.80. The Morgan fingerprint density at radius 1 is 1.15 bits per heavy atom. The lowest BCUT2D eigenvalue weighted by Crippen LogP contribution is -2.50. The molecule has 2 aliphatic rings. The van der Waals surface area contributed by atoms with Crippen LogP contribution in [0, 0.1) is 11.8 Å². The molecule has 0 radical (unpaired) electrons. The zero-order chi connectivity index (χ0) is 9.26. The molecule has 2 rings (SSSR count). The van der Waals surface area contributed by atoms with Crippen molar-refractivity contribution in [2.24, 2.45) is 11.8 Å². The van der Waals surface area contributed by atoms with Gasteiger partial charge < -0.3 is 5.32 Å². The Balaban J connectivity index is 1.77. The van der Waals surface area contributed by atoms with Gasteiger partial charge in [-0.25, -0.2) is 0 Å². The van der Waals surface area contributed by atoms with Crippen LogP contribution in [0.2, 0.25) is 0 Å². The van der Waals surface area contributed by atoms with Gasteiger partial charge in [0.15, 0.2) is 0 Å². The van der Waals surface area contributed by atoms with Gasteiger partial charge in [0.05, 0.1) is 0 Å². The van der Waals surface area contributed by atoms with Crippen LogP contribution in [0.1, 0.15) is 33.1 Å². The second kappa shape index (κ2) is 4.22. The molecule has 3 unspecified atom stereocenters. The second-order valence-corrected chi connectivity index (χ2v) is 5.98. The van der Waals surface area contributed by atoms with Crippen LogP contribution in [-0.2, 0) is 0 Å². The van der Waals surface area contributed by atoms with Crippen molar-refractivity contribution >= 4 is 11.8 Å². The Morgan fingerprint density at radius 3 is 2.46 bits per heavy atom. The lowest BCUT2D eigenvalue weighted by molar-refractivity contribution is 0.218. The molecule has 1 nitrogen and oxygen atoms in total. The van der Waals surface area contributed by atoms with Gasteiger partial charge in [-0.05, 0) is 31.1 Å². The summed E-state index contributed by atoms with van der Waals surface area (Å²) in [7, 11) is 0. The highest BCUT2D eigenvalue weighted by Gasteiger charge is 2.28. The molecule has 3 atom stereocenters. The third-order valence-corrected chi connectivity index (χ3v) is 4.80. The summed E-state index contributed by atoms with van der Waals surface area (Å²) in [5.74, 6) is 4.55. The second-order valence-electron chi connectivity index (χ2n) is 4.90. The first-order valence-electron chi connectivity index (χ1n) is 5.59. The SMILES string of the molecule is CC1CCC(NC2CSC2)C(C)C1. The van der Waals surface area contributed by atoms with Crippen molar-refractivity contribution in [2.75, 3.05) is 11.5 Å². The quantitative estimate of drug-likeness (QED) is 0.733. The molecule has 0 spiro atoms. The van der Waals surface area contributed by atoms with Gasteiger partial charge in [-0.2, -0.15) is 11.8 Å². The average molecular weight is 199 g/mol. The van der Waals surface area contributed by atoms with Crippen LogP contribution in [0.3, 0.4) is 0 Å². The lowest BCUT2D eigenvalue weighted by atomic mass is 9.79. The minimum atomic E-state index is 0.821. The first-order valence-corrected chi connectivity index (χ1v) is 6.75. The molecule has 1 aliphatic heterocycles. The van der Waals surface area contributed by atoms with Gasteiger partial charge in [-0.3, -0.25) is 0 Å². The van der Waals surface area contributed by atoms with Crippen molar-refractivity contribution in [3.63, 3.8) is 0 Å². The maximum Gasteiger partial charge on any atom is 0.0251 e. The van der Waals surface area contributed by atoms with Crippen molar-refractivity contribution in [1.82, 2.24) is 5.32 Å². The smallest absolute Gasteiger partial charge is 0.0251 e. The van der Waals surface area contributed by atoms with E-state index in [1.165, 1.54) is 30.8 Å². The molecule has 0 aromatic carbocycles. The standard InChI is InChI=1S/C11H21NS/c1-8-3-4-11(9(2)5-8)12-10-6-13-7-10/h8-12H,3-7H2,1-2H3. The summed E-state index contributed by atoms with van der Waals surface area (Å²) >= 11 is 2.07. The Morgan fingerprint density at radius 2 is 1.92 bits per heavy atom. The van der Waals surface area contributed by atoms with E-state index < -0.39 is 0 Å². The van der Waals surface area contributed by atoms with E-state index in [1.807, 2.05) is 0 Å². The zero-order valence-electron chi connectivity index (χ0n) is 8.75. The van der Waals surface area contributed by atoms with E-state index >= 15 is 0 Å². The van der Waals surface area contributed by atoms with E-state index in [0.29, 0.717) is 0 Å². The van der Waals surface area contributed by atoms with Crippen molar-refractivity contribution in [1.29, 1.82) is 0 Å². The molecule has 1 saturated carbocycles. The van der Waals surface area contributed by atoms with Crippen molar-refractivity contribution < 1.29 is 0 Å². The molecule has 1 N–H and O–H groups in total. The first-order chi connectivity index (χ1) is 6.25. The normalized spacial score (nSPS) is 41.5. The fraction of sp³-hybridized carbons (Fsp3) is 1.00. The van der Waals surface area contributed by atoms with Gasteiger partial charge >= 0.3 is 0 Å². The molecule has 0 amide bonds. The highest BCUT2D eigenvalue weighted by atomic mass is 32.2. The Kier molecular flexibility index (Phi) is 3.20. The van der Waals surface area contributed by atoms with Crippen molar-refractivity contribution in [2.45, 2.75) is 45.2 Å². The summed E-state index contributed by atoms with van der Waals surface area (Å²) in [6.07, 6.45) is 4.27. The van der Waals surface area contributed by atoms with Gasteiger partial charge in [0.2, 0.25) is 0 Å². The minimum absolute atomic E-state index is 0.821. The van der Waals surface area contributed by atoms with E-state index in [1.54, 1.807) is 0 Å². The highest BCUT2D eigenvalue weighted by Crippen LogP contribution is 2.30. The van der Waals surface area contributed by atoms with Crippen LogP contribution in [-0.4, -0.2) is 23.6 Å². The minimum Gasteiger partial charge on any atom is -0.309 e. The van der Waals surface area contributed by atoms with Crippen LogP contribution >= 0.6 is 11.8 Å². The zero-order valence-corrected chi connectivity index (χ0v) is 9.57. The van der Waals surface area contributed by atoms with Gasteiger partial charge in [0.25, 0.3) is 0 Å². The van der Waals surface area contributed by atoms with Gasteiger partial charge in [-0.15, -0.1) is 0 Å². The molecule has 13 heavy (non-hydrogen) atoms.